The molecule has 4 rings (SSSR count). The summed E-state index contributed by atoms with van der Waals surface area (Å²) in [4.78, 5) is 12.0. The number of hydrogen-bond donors (Lipinski definition) is 3. The number of rotatable bonds is 8. The summed E-state index contributed by atoms with van der Waals surface area (Å²) >= 11 is 0. The number of carboxylic acids is 1. The van der Waals surface area contributed by atoms with Crippen molar-refractivity contribution in [3.05, 3.63) is 59.2 Å². The SMILES string of the molecule is Cc1ccc(C(CCC2CCCC2)CC(=O)O)cc1CN1C[C@@H](C)Oc2ccccc2S1(O)O. The maximum Gasteiger partial charge on any atom is 0.303 e. The Morgan fingerprint density at radius 1 is 1.18 bits per heavy atom. The van der Waals surface area contributed by atoms with Gasteiger partial charge in [0.1, 0.15) is 16.7 Å². The van der Waals surface area contributed by atoms with E-state index >= 15 is 0 Å². The van der Waals surface area contributed by atoms with E-state index < -0.39 is 16.7 Å². The summed E-state index contributed by atoms with van der Waals surface area (Å²) in [6.07, 6.45) is 6.94. The number of ether oxygens (including phenoxy) is 1. The minimum atomic E-state index is -3.23. The predicted molar refractivity (Wildman–Crippen MR) is 135 cm³/mol. The van der Waals surface area contributed by atoms with Gasteiger partial charge in [0.25, 0.3) is 0 Å². The van der Waals surface area contributed by atoms with Crippen molar-refractivity contribution < 1.29 is 23.7 Å². The van der Waals surface area contributed by atoms with E-state index in [-0.39, 0.29) is 18.4 Å². The summed E-state index contributed by atoms with van der Waals surface area (Å²) in [5.41, 5.74) is 3.06. The van der Waals surface area contributed by atoms with Gasteiger partial charge in [-0.3, -0.25) is 13.9 Å². The third-order valence-electron chi connectivity index (χ3n) is 7.30. The van der Waals surface area contributed by atoms with E-state index in [2.05, 4.69) is 6.07 Å². The molecule has 1 unspecified atom stereocenters. The molecule has 3 N–H and O–H groups in total. The van der Waals surface area contributed by atoms with Crippen LogP contribution in [0.1, 0.15) is 74.5 Å². The lowest BCUT2D eigenvalue weighted by molar-refractivity contribution is -0.137. The largest absolute Gasteiger partial charge is 0.487 e. The standard InChI is InChI=1S/C27H37NO5S/c1-19-11-13-22(23(16-27(29)30)14-12-21-7-3-4-8-21)15-24(19)18-28-17-20(2)33-25-9-5-6-10-26(25)34(28,31)32/h5-6,9-11,13,15,20-21,23,31-32H,3-4,7-8,12,14,16-18H2,1-2H3,(H,29,30)/t20-,23?/m1/s1. The normalized spacial score (nSPS) is 22.4. The van der Waals surface area contributed by atoms with E-state index in [9.17, 15) is 19.0 Å². The molecular formula is C27H37NO5S. The number of carbonyl (C=O) groups is 1. The zero-order valence-corrected chi connectivity index (χ0v) is 21.0. The first-order valence-electron chi connectivity index (χ1n) is 12.3. The van der Waals surface area contributed by atoms with Crippen molar-refractivity contribution >= 4 is 16.7 Å². The molecule has 2 aromatic rings. The second-order valence-corrected chi connectivity index (χ2v) is 11.9. The van der Waals surface area contributed by atoms with Crippen molar-refractivity contribution in [1.82, 2.24) is 4.31 Å². The van der Waals surface area contributed by atoms with Crippen LogP contribution in [0.25, 0.3) is 0 Å². The van der Waals surface area contributed by atoms with Gasteiger partial charge in [-0.2, -0.15) is 4.31 Å². The molecule has 186 valence electrons. The number of aryl methyl sites for hydroxylation is 1. The Hall–Kier alpha value is -2.06. The number of para-hydroxylation sites is 1. The number of aliphatic carboxylic acids is 1. The Bertz CT molecular complexity index is 1000. The summed E-state index contributed by atoms with van der Waals surface area (Å²) in [7, 11) is -3.23. The molecule has 2 aromatic carbocycles. The van der Waals surface area contributed by atoms with Gasteiger partial charge in [-0.05, 0) is 67.3 Å². The Morgan fingerprint density at radius 3 is 2.65 bits per heavy atom. The third-order valence-corrected chi connectivity index (χ3v) is 9.23. The average molecular weight is 488 g/mol. The molecule has 7 heteroatoms. The minimum absolute atomic E-state index is 0.0371. The highest BCUT2D eigenvalue weighted by molar-refractivity contribution is 8.22. The van der Waals surface area contributed by atoms with Crippen molar-refractivity contribution in [3.8, 4) is 5.75 Å². The molecule has 1 aliphatic heterocycles. The molecule has 6 nitrogen and oxygen atoms in total. The Labute approximate surface area is 204 Å². The quantitative estimate of drug-likeness (QED) is 0.378. The molecule has 0 amide bonds. The minimum Gasteiger partial charge on any atom is -0.487 e. The fraction of sp³-hybridized carbons (Fsp3) is 0.519. The van der Waals surface area contributed by atoms with E-state index in [0.717, 1.165) is 29.5 Å². The zero-order chi connectivity index (χ0) is 24.3. The number of hydrogen-bond acceptors (Lipinski definition) is 5. The molecular weight excluding hydrogens is 450 g/mol. The first-order valence-corrected chi connectivity index (χ1v) is 13.8. The lowest BCUT2D eigenvalue weighted by Crippen LogP contribution is -2.33. The lowest BCUT2D eigenvalue weighted by atomic mass is 9.86. The van der Waals surface area contributed by atoms with Crippen LogP contribution in [0.3, 0.4) is 0 Å². The van der Waals surface area contributed by atoms with Gasteiger partial charge in [-0.15, -0.1) is 10.8 Å². The maximum atomic E-state index is 11.6. The van der Waals surface area contributed by atoms with Gasteiger partial charge in [-0.1, -0.05) is 56.0 Å². The number of carboxylic acid groups (broad SMARTS) is 1. The first-order chi connectivity index (χ1) is 16.2. The molecule has 0 bridgehead atoms. The molecule has 0 radical (unpaired) electrons. The molecule has 0 spiro atoms. The molecule has 1 saturated carbocycles. The fourth-order valence-corrected chi connectivity index (χ4v) is 7.01. The lowest BCUT2D eigenvalue weighted by Gasteiger charge is -2.42. The summed E-state index contributed by atoms with van der Waals surface area (Å²) in [5, 5.41) is 9.56. The van der Waals surface area contributed by atoms with Crippen LogP contribution in [-0.4, -0.2) is 37.1 Å². The third kappa shape index (κ3) is 5.77. The molecule has 1 aliphatic carbocycles. The Kier molecular flexibility index (Phi) is 7.87. The maximum absolute atomic E-state index is 11.6. The monoisotopic (exact) mass is 487 g/mol. The van der Waals surface area contributed by atoms with E-state index in [4.69, 9.17) is 4.74 Å². The topological polar surface area (TPSA) is 90.2 Å². The second kappa shape index (κ2) is 10.7. The molecule has 1 heterocycles. The Balaban J connectivity index is 1.58. The summed E-state index contributed by atoms with van der Waals surface area (Å²) < 4.78 is 30.2. The van der Waals surface area contributed by atoms with E-state index in [1.54, 1.807) is 22.5 Å². The van der Waals surface area contributed by atoms with Crippen molar-refractivity contribution in [3.63, 3.8) is 0 Å². The summed E-state index contributed by atoms with van der Waals surface area (Å²) in [6, 6.07) is 13.3. The highest BCUT2D eigenvalue weighted by Gasteiger charge is 2.34. The van der Waals surface area contributed by atoms with Crippen molar-refractivity contribution in [2.45, 2.75) is 82.3 Å². The Morgan fingerprint density at radius 2 is 1.91 bits per heavy atom. The first kappa shape index (κ1) is 25.0. The van der Waals surface area contributed by atoms with Gasteiger partial charge < -0.3 is 9.84 Å². The van der Waals surface area contributed by atoms with Crippen LogP contribution in [0.4, 0.5) is 0 Å². The number of benzene rings is 2. The number of nitrogens with zero attached hydrogens (tertiary/aromatic N) is 1. The van der Waals surface area contributed by atoms with Crippen LogP contribution in [0.15, 0.2) is 47.4 Å². The molecule has 1 fully saturated rings. The predicted octanol–water partition coefficient (Wildman–Crippen LogP) is 6.83. The van der Waals surface area contributed by atoms with Crippen molar-refractivity contribution in [2.75, 3.05) is 6.54 Å². The fourth-order valence-electron chi connectivity index (χ4n) is 5.35. The van der Waals surface area contributed by atoms with Gasteiger partial charge in [0, 0.05) is 6.54 Å². The van der Waals surface area contributed by atoms with Gasteiger partial charge in [0.2, 0.25) is 0 Å². The zero-order valence-electron chi connectivity index (χ0n) is 20.2. The summed E-state index contributed by atoms with van der Waals surface area (Å²) in [5.74, 6) is 0.414. The molecule has 34 heavy (non-hydrogen) atoms. The van der Waals surface area contributed by atoms with Crippen molar-refractivity contribution in [1.29, 1.82) is 0 Å². The highest BCUT2D eigenvalue weighted by Crippen LogP contribution is 2.57. The van der Waals surface area contributed by atoms with Gasteiger partial charge in [0.15, 0.2) is 0 Å². The van der Waals surface area contributed by atoms with E-state index in [1.807, 2.05) is 32.0 Å². The van der Waals surface area contributed by atoms with Crippen LogP contribution >= 0.6 is 10.8 Å². The average Bonchev–Trinajstić information content (AvgIpc) is 3.28. The molecule has 0 aromatic heterocycles. The van der Waals surface area contributed by atoms with Crippen LogP contribution in [0.2, 0.25) is 0 Å². The smallest absolute Gasteiger partial charge is 0.303 e. The van der Waals surface area contributed by atoms with Crippen molar-refractivity contribution in [2.24, 2.45) is 5.92 Å². The van der Waals surface area contributed by atoms with E-state index in [1.165, 1.54) is 25.7 Å². The molecule has 0 saturated heterocycles. The van der Waals surface area contributed by atoms with Crippen LogP contribution in [0, 0.1) is 12.8 Å². The van der Waals surface area contributed by atoms with Gasteiger partial charge in [0.05, 0.1) is 13.0 Å². The highest BCUT2D eigenvalue weighted by atomic mass is 32.3. The van der Waals surface area contributed by atoms with E-state index in [0.29, 0.717) is 29.7 Å². The van der Waals surface area contributed by atoms with Crippen LogP contribution in [-0.2, 0) is 11.3 Å². The molecule has 2 aliphatic rings. The van der Waals surface area contributed by atoms with Gasteiger partial charge in [-0.25, -0.2) is 0 Å². The second-order valence-electron chi connectivity index (χ2n) is 9.93. The van der Waals surface area contributed by atoms with Crippen LogP contribution < -0.4 is 4.74 Å². The summed E-state index contributed by atoms with van der Waals surface area (Å²) in [6.45, 7) is 4.68. The molecule has 2 atom stereocenters. The van der Waals surface area contributed by atoms with Gasteiger partial charge >= 0.3 is 5.97 Å². The number of fused-ring (bicyclic) bond motifs is 1. The van der Waals surface area contributed by atoms with Crippen LogP contribution in [0.5, 0.6) is 5.75 Å².